The van der Waals surface area contributed by atoms with E-state index >= 15 is 0 Å². The molecule has 0 amide bonds. The lowest BCUT2D eigenvalue weighted by Crippen LogP contribution is -1.99. The van der Waals surface area contributed by atoms with E-state index in [1.165, 1.54) is 21.5 Å². The van der Waals surface area contributed by atoms with Crippen molar-refractivity contribution in [2.75, 3.05) is 6.54 Å². The number of unbranched alkanes of at least 4 members (excludes halogenated alkanes) is 1. The third-order valence-corrected chi connectivity index (χ3v) is 5.79. The van der Waals surface area contributed by atoms with Gasteiger partial charge in [0.05, 0.1) is 21.1 Å². The van der Waals surface area contributed by atoms with Crippen LogP contribution in [0.4, 0.5) is 0 Å². The molecule has 0 saturated heterocycles. The first-order valence-electron chi connectivity index (χ1n) is 6.95. The number of aromatic amines is 1. The van der Waals surface area contributed by atoms with E-state index < -0.39 is 0 Å². The molecule has 0 atom stereocenters. The van der Waals surface area contributed by atoms with E-state index in [-0.39, 0.29) is 0 Å². The molecule has 3 rings (SSSR count). The Morgan fingerprint density at radius 2 is 2.10 bits per heavy atom. The highest BCUT2D eigenvalue weighted by molar-refractivity contribution is 9.10. The number of thiophene rings is 1. The van der Waals surface area contributed by atoms with Crippen molar-refractivity contribution in [2.45, 2.75) is 19.3 Å². The van der Waals surface area contributed by atoms with Gasteiger partial charge in [-0.15, -0.1) is 11.3 Å². The number of fused-ring (bicyclic) bond motifs is 1. The second-order valence-corrected chi connectivity index (χ2v) is 7.16. The van der Waals surface area contributed by atoms with Gasteiger partial charge in [0.15, 0.2) is 0 Å². The molecule has 3 aromatic rings. The zero-order valence-corrected chi connectivity index (χ0v) is 14.6. The van der Waals surface area contributed by atoms with Gasteiger partial charge in [0, 0.05) is 9.86 Å². The van der Waals surface area contributed by atoms with Crippen molar-refractivity contribution < 1.29 is 0 Å². The summed E-state index contributed by atoms with van der Waals surface area (Å²) in [5.74, 6) is 0. The summed E-state index contributed by atoms with van der Waals surface area (Å²) in [5, 5.41) is 4.08. The first-order valence-corrected chi connectivity index (χ1v) is 9.00. The van der Waals surface area contributed by atoms with Crippen LogP contribution in [-0.2, 0) is 6.42 Å². The van der Waals surface area contributed by atoms with Crippen LogP contribution in [-0.4, -0.2) is 11.5 Å². The van der Waals surface area contributed by atoms with E-state index in [2.05, 4.69) is 38.4 Å². The van der Waals surface area contributed by atoms with Crippen molar-refractivity contribution in [3.63, 3.8) is 0 Å². The Bertz CT molecular complexity index is 763. The van der Waals surface area contributed by atoms with Gasteiger partial charge in [-0.1, -0.05) is 23.7 Å². The number of nitrogens with two attached hydrogens (primary N) is 1. The highest BCUT2D eigenvalue weighted by Gasteiger charge is 2.17. The normalized spacial score (nSPS) is 11.4. The number of hydrogen-bond donors (Lipinski definition) is 2. The van der Waals surface area contributed by atoms with E-state index in [0.29, 0.717) is 0 Å². The molecule has 0 aliphatic carbocycles. The number of benzene rings is 1. The molecule has 110 valence electrons. The minimum absolute atomic E-state index is 0.737. The van der Waals surface area contributed by atoms with Gasteiger partial charge in [0.25, 0.3) is 0 Å². The third kappa shape index (κ3) is 2.90. The molecule has 3 N–H and O–H groups in total. The Morgan fingerprint density at radius 3 is 2.81 bits per heavy atom. The Labute approximate surface area is 141 Å². The second-order valence-electron chi connectivity index (χ2n) is 4.98. The van der Waals surface area contributed by atoms with Crippen molar-refractivity contribution in [2.24, 2.45) is 5.73 Å². The second kappa shape index (κ2) is 6.53. The molecule has 0 spiro atoms. The largest absolute Gasteiger partial charge is 0.352 e. The average Bonchev–Trinajstić information content (AvgIpc) is 3.04. The lowest BCUT2D eigenvalue weighted by Gasteiger charge is -2.04. The number of nitrogens with one attached hydrogen (secondary N) is 1. The molecule has 1 aromatic carbocycles. The van der Waals surface area contributed by atoms with Gasteiger partial charge in [-0.2, -0.15) is 0 Å². The summed E-state index contributed by atoms with van der Waals surface area (Å²) in [6.45, 7) is 0.737. The van der Waals surface area contributed by atoms with Crippen LogP contribution >= 0.6 is 38.9 Å². The Balaban J connectivity index is 2.15. The molecule has 2 heterocycles. The molecule has 0 bridgehead atoms. The number of rotatable bonds is 5. The van der Waals surface area contributed by atoms with Crippen LogP contribution in [0.1, 0.15) is 18.4 Å². The van der Waals surface area contributed by atoms with Crippen molar-refractivity contribution >= 4 is 49.8 Å². The monoisotopic (exact) mass is 382 g/mol. The van der Waals surface area contributed by atoms with E-state index in [4.69, 9.17) is 17.3 Å². The number of aryl methyl sites for hydroxylation is 1. The molecule has 2 nitrogen and oxygen atoms in total. The Morgan fingerprint density at radius 1 is 1.24 bits per heavy atom. The fraction of sp³-hybridized carbons (Fsp3) is 0.250. The molecule has 0 saturated carbocycles. The van der Waals surface area contributed by atoms with Gasteiger partial charge in [-0.3, -0.25) is 0 Å². The average molecular weight is 384 g/mol. The number of para-hydroxylation sites is 1. The Hall–Kier alpha value is -0.810. The highest BCUT2D eigenvalue weighted by Crippen LogP contribution is 2.40. The predicted molar refractivity (Wildman–Crippen MR) is 96.3 cm³/mol. The summed E-state index contributed by atoms with van der Waals surface area (Å²) in [4.78, 5) is 4.75. The minimum atomic E-state index is 0.737. The van der Waals surface area contributed by atoms with Gasteiger partial charge in [0.2, 0.25) is 0 Å². The van der Waals surface area contributed by atoms with Gasteiger partial charge in [-0.05, 0) is 64.8 Å². The predicted octanol–water partition coefficient (Wildman–Crippen LogP) is 5.59. The summed E-state index contributed by atoms with van der Waals surface area (Å²) < 4.78 is 1.12. The lowest BCUT2D eigenvalue weighted by atomic mass is 10.0. The molecule has 2 aromatic heterocycles. The summed E-state index contributed by atoms with van der Waals surface area (Å²) in [5.41, 5.74) is 9.17. The minimum Gasteiger partial charge on any atom is -0.352 e. The third-order valence-electron chi connectivity index (χ3n) is 3.62. The Kier molecular flexibility index (Phi) is 4.69. The standard InChI is InChI=1S/C16H16BrClN2S/c17-12-7-9-21-16(12)15-11(4-1-2-8-19)10-5-3-6-13(18)14(10)20-15/h3,5-7,9,20H,1-2,4,8,19H2. The quantitative estimate of drug-likeness (QED) is 0.554. The smallest absolute Gasteiger partial charge is 0.0651 e. The van der Waals surface area contributed by atoms with E-state index in [1.807, 2.05) is 12.1 Å². The molecular formula is C16H16BrClN2S. The zero-order chi connectivity index (χ0) is 14.8. The van der Waals surface area contributed by atoms with Crippen molar-refractivity contribution in [1.29, 1.82) is 0 Å². The van der Waals surface area contributed by atoms with Gasteiger partial charge in [0.1, 0.15) is 0 Å². The lowest BCUT2D eigenvalue weighted by molar-refractivity contribution is 0.748. The molecule has 0 unspecified atom stereocenters. The molecule has 0 aliphatic heterocycles. The van der Waals surface area contributed by atoms with Crippen LogP contribution in [0.3, 0.4) is 0 Å². The van der Waals surface area contributed by atoms with Crippen LogP contribution in [0.25, 0.3) is 21.5 Å². The first-order chi connectivity index (χ1) is 10.2. The zero-order valence-electron chi connectivity index (χ0n) is 11.5. The molecule has 0 aliphatic rings. The van der Waals surface area contributed by atoms with Crippen molar-refractivity contribution in [1.82, 2.24) is 4.98 Å². The maximum Gasteiger partial charge on any atom is 0.0651 e. The van der Waals surface area contributed by atoms with Crippen LogP contribution in [0.15, 0.2) is 34.1 Å². The molecule has 5 heteroatoms. The molecule has 0 radical (unpaired) electrons. The van der Waals surface area contributed by atoms with E-state index in [0.717, 1.165) is 40.8 Å². The van der Waals surface area contributed by atoms with Crippen molar-refractivity contribution in [3.05, 3.63) is 44.7 Å². The van der Waals surface area contributed by atoms with Gasteiger partial charge < -0.3 is 10.7 Å². The maximum absolute atomic E-state index is 6.35. The van der Waals surface area contributed by atoms with Gasteiger partial charge in [-0.25, -0.2) is 0 Å². The molecule has 0 fully saturated rings. The van der Waals surface area contributed by atoms with Crippen molar-refractivity contribution in [3.8, 4) is 10.6 Å². The van der Waals surface area contributed by atoms with Gasteiger partial charge >= 0.3 is 0 Å². The summed E-state index contributed by atoms with van der Waals surface area (Å²) in [6, 6.07) is 8.16. The summed E-state index contributed by atoms with van der Waals surface area (Å²) in [6.07, 6.45) is 3.14. The molecule has 21 heavy (non-hydrogen) atoms. The maximum atomic E-state index is 6.35. The fourth-order valence-electron chi connectivity index (χ4n) is 2.61. The van der Waals surface area contributed by atoms with E-state index in [1.54, 1.807) is 11.3 Å². The van der Waals surface area contributed by atoms with Crippen LogP contribution in [0, 0.1) is 0 Å². The number of aromatic nitrogens is 1. The summed E-state index contributed by atoms with van der Waals surface area (Å²) >= 11 is 11.7. The SMILES string of the molecule is NCCCCc1c(-c2sccc2Br)[nH]c2c(Cl)cccc12. The summed E-state index contributed by atoms with van der Waals surface area (Å²) in [7, 11) is 0. The van der Waals surface area contributed by atoms with Crippen LogP contribution < -0.4 is 5.73 Å². The first kappa shape index (κ1) is 15.1. The number of hydrogen-bond acceptors (Lipinski definition) is 2. The fourth-order valence-corrected chi connectivity index (χ4v) is 4.43. The number of H-pyrrole nitrogens is 1. The topological polar surface area (TPSA) is 41.8 Å². The van der Waals surface area contributed by atoms with Crippen LogP contribution in [0.5, 0.6) is 0 Å². The molecular weight excluding hydrogens is 368 g/mol. The highest BCUT2D eigenvalue weighted by atomic mass is 79.9. The number of halogens is 2. The van der Waals surface area contributed by atoms with E-state index in [9.17, 15) is 0 Å². The van der Waals surface area contributed by atoms with Crippen LogP contribution in [0.2, 0.25) is 5.02 Å².